The fraction of sp³-hybridized carbons (Fsp3) is 0.467. The number of carboxylic acids is 1. The van der Waals surface area contributed by atoms with E-state index < -0.39 is 11.9 Å². The van der Waals surface area contributed by atoms with Crippen molar-refractivity contribution >= 4 is 17.1 Å². The van der Waals surface area contributed by atoms with Gasteiger partial charge in [-0.25, -0.2) is 4.98 Å². The molecule has 1 saturated carbocycles. The van der Waals surface area contributed by atoms with E-state index in [0.717, 1.165) is 22.2 Å². The van der Waals surface area contributed by atoms with E-state index in [-0.39, 0.29) is 11.3 Å². The number of carbonyl (C=O) groups is 1. The number of fused-ring (bicyclic) bond motifs is 1. The maximum atomic E-state index is 11.2. The Morgan fingerprint density at radius 2 is 2.05 bits per heavy atom. The van der Waals surface area contributed by atoms with Crippen LogP contribution in [0.4, 0.5) is 0 Å². The number of aryl methyl sites for hydroxylation is 2. The van der Waals surface area contributed by atoms with Gasteiger partial charge in [-0.15, -0.1) is 0 Å². The number of oxazole rings is 1. The third-order valence-corrected chi connectivity index (χ3v) is 4.20. The van der Waals surface area contributed by atoms with Gasteiger partial charge in [-0.2, -0.15) is 0 Å². The van der Waals surface area contributed by atoms with Crippen LogP contribution in [-0.4, -0.2) is 16.1 Å². The van der Waals surface area contributed by atoms with E-state index in [1.807, 2.05) is 39.8 Å². The molecule has 1 N–H and O–H groups in total. The fourth-order valence-corrected chi connectivity index (χ4v) is 3.09. The molecule has 1 aromatic carbocycles. The van der Waals surface area contributed by atoms with Gasteiger partial charge in [-0.05, 0) is 36.5 Å². The van der Waals surface area contributed by atoms with Crippen molar-refractivity contribution in [2.24, 2.45) is 11.3 Å². The summed E-state index contributed by atoms with van der Waals surface area (Å²) in [6.45, 7) is 7.89. The molecule has 1 fully saturated rings. The van der Waals surface area contributed by atoms with Crippen LogP contribution in [-0.2, 0) is 4.79 Å². The minimum atomic E-state index is -0.773. The van der Waals surface area contributed by atoms with Crippen LogP contribution in [0, 0.1) is 25.2 Å². The molecule has 4 nitrogen and oxygen atoms in total. The van der Waals surface area contributed by atoms with Gasteiger partial charge in [-0.3, -0.25) is 4.79 Å². The van der Waals surface area contributed by atoms with Crippen molar-refractivity contribution in [3.05, 3.63) is 29.2 Å². The SMILES string of the molecule is Cc1cc(C)c2oc(C3C(C(=O)O)C3(C)C)nc2c1. The first kappa shape index (κ1) is 12.2. The van der Waals surface area contributed by atoms with Crippen molar-refractivity contribution < 1.29 is 14.3 Å². The van der Waals surface area contributed by atoms with Crippen molar-refractivity contribution in [3.63, 3.8) is 0 Å². The summed E-state index contributed by atoms with van der Waals surface area (Å²) in [4.78, 5) is 15.7. The molecule has 1 aliphatic rings. The van der Waals surface area contributed by atoms with Crippen molar-refractivity contribution in [1.82, 2.24) is 4.98 Å². The number of carboxylic acid groups (broad SMARTS) is 1. The van der Waals surface area contributed by atoms with Gasteiger partial charge in [0.25, 0.3) is 0 Å². The highest BCUT2D eigenvalue weighted by Crippen LogP contribution is 2.64. The average molecular weight is 259 g/mol. The topological polar surface area (TPSA) is 63.3 Å². The lowest BCUT2D eigenvalue weighted by Gasteiger charge is -1.97. The number of benzene rings is 1. The van der Waals surface area contributed by atoms with Gasteiger partial charge in [0, 0.05) is 0 Å². The third kappa shape index (κ3) is 1.66. The summed E-state index contributed by atoms with van der Waals surface area (Å²) in [5.41, 5.74) is 3.48. The van der Waals surface area contributed by atoms with E-state index in [9.17, 15) is 9.90 Å². The van der Waals surface area contributed by atoms with E-state index in [1.54, 1.807) is 0 Å². The zero-order valence-corrected chi connectivity index (χ0v) is 11.5. The standard InChI is InChI=1S/C15H17NO3/c1-7-5-8(2)12-9(6-7)16-13(19-12)10-11(14(17)18)15(10,3)4/h5-6,10-11H,1-4H3,(H,17,18). The molecule has 2 unspecified atom stereocenters. The first-order valence-corrected chi connectivity index (χ1v) is 6.43. The Morgan fingerprint density at radius 3 is 2.63 bits per heavy atom. The minimum Gasteiger partial charge on any atom is -0.481 e. The number of aromatic nitrogens is 1. The Bertz CT molecular complexity index is 684. The van der Waals surface area contributed by atoms with E-state index >= 15 is 0 Å². The summed E-state index contributed by atoms with van der Waals surface area (Å²) in [7, 11) is 0. The van der Waals surface area contributed by atoms with Crippen LogP contribution in [0.15, 0.2) is 16.5 Å². The molecule has 3 rings (SSSR count). The molecule has 0 bridgehead atoms. The Kier molecular flexibility index (Phi) is 2.31. The van der Waals surface area contributed by atoms with E-state index in [2.05, 4.69) is 4.98 Å². The maximum Gasteiger partial charge on any atom is 0.307 e. The van der Waals surface area contributed by atoms with Crippen LogP contribution in [0.3, 0.4) is 0 Å². The first-order valence-electron chi connectivity index (χ1n) is 6.43. The molecule has 0 saturated heterocycles. The molecule has 0 amide bonds. The second kappa shape index (κ2) is 3.59. The highest BCUT2D eigenvalue weighted by molar-refractivity contribution is 5.79. The molecule has 0 radical (unpaired) electrons. The van der Waals surface area contributed by atoms with Crippen molar-refractivity contribution in [2.45, 2.75) is 33.6 Å². The van der Waals surface area contributed by atoms with Gasteiger partial charge in [-0.1, -0.05) is 19.9 Å². The van der Waals surface area contributed by atoms with Crippen LogP contribution < -0.4 is 0 Å². The molecule has 1 heterocycles. The Hall–Kier alpha value is -1.84. The largest absolute Gasteiger partial charge is 0.481 e. The Labute approximate surface area is 111 Å². The maximum absolute atomic E-state index is 11.2. The molecule has 2 aromatic rings. The smallest absolute Gasteiger partial charge is 0.307 e. The lowest BCUT2D eigenvalue weighted by molar-refractivity contribution is -0.139. The van der Waals surface area contributed by atoms with E-state index in [1.165, 1.54) is 0 Å². The monoisotopic (exact) mass is 259 g/mol. The van der Waals surface area contributed by atoms with Crippen LogP contribution >= 0.6 is 0 Å². The van der Waals surface area contributed by atoms with Gasteiger partial charge in [0.1, 0.15) is 5.52 Å². The first-order chi connectivity index (χ1) is 8.82. The van der Waals surface area contributed by atoms with Crippen LogP contribution in [0.5, 0.6) is 0 Å². The fourth-order valence-electron chi connectivity index (χ4n) is 3.09. The van der Waals surface area contributed by atoms with Gasteiger partial charge in [0.15, 0.2) is 11.5 Å². The number of hydrogen-bond donors (Lipinski definition) is 1. The molecular formula is C15H17NO3. The second-order valence-electron chi connectivity index (χ2n) is 6.10. The zero-order chi connectivity index (χ0) is 13.9. The van der Waals surface area contributed by atoms with Crippen LogP contribution in [0.2, 0.25) is 0 Å². The molecular weight excluding hydrogens is 242 g/mol. The number of nitrogens with zero attached hydrogens (tertiary/aromatic N) is 1. The summed E-state index contributed by atoms with van der Waals surface area (Å²) in [6.07, 6.45) is 0. The van der Waals surface area contributed by atoms with Gasteiger partial charge < -0.3 is 9.52 Å². The third-order valence-electron chi connectivity index (χ3n) is 4.20. The zero-order valence-electron chi connectivity index (χ0n) is 11.5. The van der Waals surface area contributed by atoms with E-state index in [4.69, 9.17) is 4.42 Å². The summed E-state index contributed by atoms with van der Waals surface area (Å²) in [5.74, 6) is -0.745. The van der Waals surface area contributed by atoms with Crippen molar-refractivity contribution in [2.75, 3.05) is 0 Å². The summed E-state index contributed by atoms with van der Waals surface area (Å²) in [6, 6.07) is 4.02. The lowest BCUT2D eigenvalue weighted by Crippen LogP contribution is -2.03. The summed E-state index contributed by atoms with van der Waals surface area (Å²) >= 11 is 0. The predicted octanol–water partition coefficient (Wildman–Crippen LogP) is 3.27. The summed E-state index contributed by atoms with van der Waals surface area (Å²) in [5, 5.41) is 9.22. The lowest BCUT2D eigenvalue weighted by atomic mass is 10.1. The number of aliphatic carboxylic acids is 1. The molecule has 1 aromatic heterocycles. The Balaban J connectivity index is 2.09. The summed E-state index contributed by atoms with van der Waals surface area (Å²) < 4.78 is 5.82. The van der Waals surface area contributed by atoms with Gasteiger partial charge in [0.05, 0.1) is 11.8 Å². The van der Waals surface area contributed by atoms with Crippen molar-refractivity contribution in [1.29, 1.82) is 0 Å². The second-order valence-corrected chi connectivity index (χ2v) is 6.10. The highest BCUT2D eigenvalue weighted by atomic mass is 16.4. The highest BCUT2D eigenvalue weighted by Gasteiger charge is 2.65. The van der Waals surface area contributed by atoms with Gasteiger partial charge in [0.2, 0.25) is 0 Å². The number of rotatable bonds is 2. The average Bonchev–Trinajstić information content (AvgIpc) is 2.65. The molecule has 100 valence electrons. The molecule has 1 aliphatic carbocycles. The van der Waals surface area contributed by atoms with Crippen LogP contribution in [0.1, 0.15) is 36.8 Å². The van der Waals surface area contributed by atoms with Gasteiger partial charge >= 0.3 is 5.97 Å². The van der Waals surface area contributed by atoms with Crippen molar-refractivity contribution in [3.8, 4) is 0 Å². The quantitative estimate of drug-likeness (QED) is 0.899. The normalized spacial score (nSPS) is 24.6. The van der Waals surface area contributed by atoms with Crippen LogP contribution in [0.25, 0.3) is 11.1 Å². The number of hydrogen-bond acceptors (Lipinski definition) is 3. The van der Waals surface area contributed by atoms with E-state index in [0.29, 0.717) is 5.89 Å². The molecule has 2 atom stereocenters. The molecule has 19 heavy (non-hydrogen) atoms. The molecule has 4 heteroatoms. The molecule has 0 aliphatic heterocycles. The minimum absolute atomic E-state index is 0.128. The Morgan fingerprint density at radius 1 is 1.37 bits per heavy atom. The molecule has 0 spiro atoms. The predicted molar refractivity (Wildman–Crippen MR) is 71.1 cm³/mol.